The molecule has 19 heavy (non-hydrogen) atoms. The maximum absolute atomic E-state index is 13.8. The van der Waals surface area contributed by atoms with Gasteiger partial charge in [-0.3, -0.25) is 9.59 Å². The zero-order valence-electron chi connectivity index (χ0n) is 10.4. The Labute approximate surface area is 114 Å². The Morgan fingerprint density at radius 3 is 2.42 bits per heavy atom. The number of hydrogen-bond acceptors (Lipinski definition) is 2. The van der Waals surface area contributed by atoms with Gasteiger partial charge in [-0.1, -0.05) is 18.2 Å². The Kier molecular flexibility index (Phi) is 3.53. The quantitative estimate of drug-likeness (QED) is 0.492. The molecule has 0 spiro atoms. The number of carbonyl (C=O) groups is 2. The van der Waals surface area contributed by atoms with Crippen LogP contribution in [-0.2, 0) is 11.8 Å². The number of carbonyl (C=O) groups excluding carboxylic acids is 2. The third-order valence-electron chi connectivity index (χ3n) is 3.11. The van der Waals surface area contributed by atoms with E-state index in [9.17, 15) is 14.0 Å². The molecular weight excluding hydrogens is 269 g/mol. The van der Waals surface area contributed by atoms with Crippen LogP contribution >= 0.6 is 11.6 Å². The molecule has 1 heterocycles. The lowest BCUT2D eigenvalue weighted by molar-refractivity contribution is -0.108. The van der Waals surface area contributed by atoms with Crippen molar-refractivity contribution in [2.24, 2.45) is 7.05 Å². The summed E-state index contributed by atoms with van der Waals surface area (Å²) in [5, 5.41) is -1.05. The minimum atomic E-state index is -1.05. The number of Topliss-reactive ketones (excluding diaryl/α,β-unsaturated/α-hetero) is 1. The molecule has 5 heteroatoms. The average molecular weight is 280 g/mol. The van der Waals surface area contributed by atoms with Crippen molar-refractivity contribution in [3.05, 3.63) is 47.5 Å². The second-order valence-electron chi connectivity index (χ2n) is 4.17. The Balaban J connectivity index is 2.62. The Bertz CT molecular complexity index is 676. The van der Waals surface area contributed by atoms with E-state index in [-0.39, 0.29) is 11.5 Å². The van der Waals surface area contributed by atoms with Crippen molar-refractivity contribution in [3.8, 4) is 11.1 Å². The number of nitrogens with zero attached hydrogens (tertiary/aromatic N) is 1. The van der Waals surface area contributed by atoms with E-state index in [1.807, 2.05) is 0 Å². The summed E-state index contributed by atoms with van der Waals surface area (Å²) in [5.41, 5.74) is 1.79. The van der Waals surface area contributed by atoms with Crippen LogP contribution in [0.2, 0.25) is 0 Å². The zero-order valence-corrected chi connectivity index (χ0v) is 11.2. The van der Waals surface area contributed by atoms with Gasteiger partial charge < -0.3 is 4.57 Å². The molecule has 1 aromatic carbocycles. The first-order valence-corrected chi connectivity index (χ1v) is 5.96. The fourth-order valence-corrected chi connectivity index (χ4v) is 2.07. The minimum Gasteiger partial charge on any atom is -0.345 e. The van der Waals surface area contributed by atoms with Gasteiger partial charge in [0.2, 0.25) is 0 Å². The second-order valence-corrected chi connectivity index (χ2v) is 4.51. The monoisotopic (exact) mass is 279 g/mol. The highest BCUT2D eigenvalue weighted by molar-refractivity contribution is 6.83. The molecule has 0 saturated carbocycles. The summed E-state index contributed by atoms with van der Waals surface area (Å²) in [4.78, 5) is 22.6. The SMILES string of the molecule is Cc1c(-c2ccccc2F)cc(C(=O)C(=O)Cl)n1C. The lowest BCUT2D eigenvalue weighted by Gasteiger charge is -2.04. The second kappa shape index (κ2) is 4.97. The minimum absolute atomic E-state index is 0.149. The van der Waals surface area contributed by atoms with Gasteiger partial charge in [0, 0.05) is 23.9 Å². The van der Waals surface area contributed by atoms with Gasteiger partial charge in [0.25, 0.3) is 11.0 Å². The van der Waals surface area contributed by atoms with Crippen molar-refractivity contribution < 1.29 is 14.0 Å². The van der Waals surface area contributed by atoms with Gasteiger partial charge in [-0.2, -0.15) is 0 Å². The molecule has 0 aliphatic heterocycles. The molecule has 0 bridgehead atoms. The number of halogens is 2. The smallest absolute Gasteiger partial charge is 0.294 e. The third kappa shape index (κ3) is 2.31. The predicted molar refractivity (Wildman–Crippen MR) is 70.7 cm³/mol. The van der Waals surface area contributed by atoms with Gasteiger partial charge in [-0.15, -0.1) is 0 Å². The highest BCUT2D eigenvalue weighted by atomic mass is 35.5. The van der Waals surface area contributed by atoms with E-state index in [1.54, 1.807) is 32.2 Å². The van der Waals surface area contributed by atoms with Gasteiger partial charge in [-0.05, 0) is 30.7 Å². The van der Waals surface area contributed by atoms with Crippen LogP contribution in [0.1, 0.15) is 16.2 Å². The van der Waals surface area contributed by atoms with Gasteiger partial charge in [0.05, 0.1) is 5.69 Å². The maximum atomic E-state index is 13.8. The summed E-state index contributed by atoms with van der Waals surface area (Å²) in [5.74, 6) is -1.18. The first-order chi connectivity index (χ1) is 8.93. The van der Waals surface area contributed by atoms with E-state index in [1.165, 1.54) is 16.7 Å². The van der Waals surface area contributed by atoms with Crippen LogP contribution in [0, 0.1) is 12.7 Å². The van der Waals surface area contributed by atoms with Crippen LogP contribution in [0.3, 0.4) is 0 Å². The third-order valence-corrected chi connectivity index (χ3v) is 3.28. The summed E-state index contributed by atoms with van der Waals surface area (Å²) in [6.07, 6.45) is 0. The van der Waals surface area contributed by atoms with E-state index in [0.717, 1.165) is 0 Å². The van der Waals surface area contributed by atoms with E-state index in [2.05, 4.69) is 0 Å². The van der Waals surface area contributed by atoms with Crippen molar-refractivity contribution in [3.63, 3.8) is 0 Å². The molecule has 0 aliphatic carbocycles. The molecule has 2 aromatic rings. The molecule has 98 valence electrons. The Morgan fingerprint density at radius 2 is 1.84 bits per heavy atom. The molecule has 0 aliphatic rings. The molecule has 0 amide bonds. The number of benzene rings is 1. The average Bonchev–Trinajstić information content (AvgIpc) is 2.66. The van der Waals surface area contributed by atoms with Crippen LogP contribution in [-0.4, -0.2) is 15.6 Å². The number of aromatic nitrogens is 1. The molecule has 0 saturated heterocycles. The van der Waals surface area contributed by atoms with E-state index >= 15 is 0 Å². The molecular formula is C14H11ClFNO2. The molecule has 3 nitrogen and oxygen atoms in total. The normalized spacial score (nSPS) is 10.5. The predicted octanol–water partition coefficient (Wildman–Crippen LogP) is 3.09. The van der Waals surface area contributed by atoms with E-state index < -0.39 is 11.0 Å². The van der Waals surface area contributed by atoms with Gasteiger partial charge in [0.15, 0.2) is 0 Å². The van der Waals surface area contributed by atoms with Crippen molar-refractivity contribution >= 4 is 22.6 Å². The van der Waals surface area contributed by atoms with Crippen LogP contribution in [0.5, 0.6) is 0 Å². The van der Waals surface area contributed by atoms with Crippen molar-refractivity contribution in [2.75, 3.05) is 0 Å². The van der Waals surface area contributed by atoms with Crippen molar-refractivity contribution in [1.29, 1.82) is 0 Å². The maximum Gasteiger partial charge on any atom is 0.294 e. The van der Waals surface area contributed by atoms with E-state index in [4.69, 9.17) is 11.6 Å². The first-order valence-electron chi connectivity index (χ1n) is 5.59. The van der Waals surface area contributed by atoms with Gasteiger partial charge in [0.1, 0.15) is 5.82 Å². The van der Waals surface area contributed by atoms with Gasteiger partial charge >= 0.3 is 0 Å². The van der Waals surface area contributed by atoms with E-state index in [0.29, 0.717) is 16.8 Å². The molecule has 2 rings (SSSR count). The van der Waals surface area contributed by atoms with Crippen LogP contribution in [0.15, 0.2) is 30.3 Å². The van der Waals surface area contributed by atoms with Crippen molar-refractivity contribution in [1.82, 2.24) is 4.57 Å². The Hall–Kier alpha value is -1.94. The molecule has 0 radical (unpaired) electrons. The number of hydrogen-bond donors (Lipinski definition) is 0. The molecule has 0 N–H and O–H groups in total. The lowest BCUT2D eigenvalue weighted by Crippen LogP contribution is -2.12. The standard InChI is InChI=1S/C14H11ClFNO2/c1-8-10(9-5-3-4-6-11(9)16)7-12(17(8)2)13(18)14(15)19/h3-7H,1-2H3. The molecule has 1 aromatic heterocycles. The topological polar surface area (TPSA) is 39.1 Å². The number of ketones is 1. The molecule has 0 atom stereocenters. The molecule has 0 unspecified atom stereocenters. The fraction of sp³-hybridized carbons (Fsp3) is 0.143. The van der Waals surface area contributed by atoms with Crippen molar-refractivity contribution in [2.45, 2.75) is 6.92 Å². The van der Waals surface area contributed by atoms with Gasteiger partial charge in [-0.25, -0.2) is 4.39 Å². The largest absolute Gasteiger partial charge is 0.345 e. The fourth-order valence-electron chi connectivity index (χ4n) is 1.97. The zero-order chi connectivity index (χ0) is 14.2. The molecule has 0 fully saturated rings. The summed E-state index contributed by atoms with van der Waals surface area (Å²) < 4.78 is 15.3. The Morgan fingerprint density at radius 1 is 1.21 bits per heavy atom. The highest BCUT2D eigenvalue weighted by Gasteiger charge is 2.21. The van der Waals surface area contributed by atoms with Crippen LogP contribution in [0.4, 0.5) is 4.39 Å². The number of rotatable bonds is 3. The van der Waals surface area contributed by atoms with Crippen LogP contribution in [0.25, 0.3) is 11.1 Å². The summed E-state index contributed by atoms with van der Waals surface area (Å²) in [6.45, 7) is 1.75. The van der Waals surface area contributed by atoms with Crippen LogP contribution < -0.4 is 0 Å². The summed E-state index contributed by atoms with van der Waals surface area (Å²) in [7, 11) is 1.63. The lowest BCUT2D eigenvalue weighted by atomic mass is 10.1. The highest BCUT2D eigenvalue weighted by Crippen LogP contribution is 2.28. The summed E-state index contributed by atoms with van der Waals surface area (Å²) >= 11 is 5.20. The summed E-state index contributed by atoms with van der Waals surface area (Å²) in [6, 6.07) is 7.74. The first kappa shape index (κ1) is 13.5.